The second-order valence-electron chi connectivity index (χ2n) is 2.02. The van der Waals surface area contributed by atoms with Gasteiger partial charge in [-0.25, -0.2) is 19.8 Å². The molecule has 0 saturated carbocycles. The molecular weight excluding hydrogens is 198 g/mol. The summed E-state index contributed by atoms with van der Waals surface area (Å²) in [6.45, 7) is 0. The first kappa shape index (κ1) is 12.4. The molecule has 0 aliphatic carbocycles. The zero-order chi connectivity index (χ0) is 11.5. The number of carbonyl (C=O) groups excluding carboxylic acids is 3. The molecule has 0 radical (unpaired) electrons. The van der Waals surface area contributed by atoms with Crippen LogP contribution in [0.1, 0.15) is 0 Å². The average molecular weight is 203 g/mol. The highest BCUT2D eigenvalue weighted by Crippen LogP contribution is 2.16. The highest BCUT2D eigenvalue weighted by molar-refractivity contribution is 5.55. The lowest BCUT2D eigenvalue weighted by Gasteiger charge is -1.89. The van der Waals surface area contributed by atoms with Crippen LogP contribution in [0.5, 0.6) is 0 Å². The first-order valence-corrected chi connectivity index (χ1v) is 3.58. The van der Waals surface area contributed by atoms with E-state index in [2.05, 4.69) is 9.98 Å². The van der Waals surface area contributed by atoms with Gasteiger partial charge in [-0.1, -0.05) is 0 Å². The van der Waals surface area contributed by atoms with Crippen molar-refractivity contribution < 1.29 is 14.4 Å². The minimum Gasteiger partial charge on any atom is -0.222 e. The lowest BCUT2D eigenvalue weighted by Crippen LogP contribution is -1.64. The van der Waals surface area contributed by atoms with Gasteiger partial charge in [-0.3, -0.25) is 0 Å². The fourth-order valence-electron chi connectivity index (χ4n) is 0.707. The van der Waals surface area contributed by atoms with Crippen molar-refractivity contribution >= 4 is 29.6 Å². The Morgan fingerprint density at radius 1 is 0.867 bits per heavy atom. The van der Waals surface area contributed by atoms with Gasteiger partial charge < -0.3 is 0 Å². The molecule has 15 heavy (non-hydrogen) atoms. The Kier molecular flexibility index (Phi) is 6.58. The summed E-state index contributed by atoms with van der Waals surface area (Å²) in [5, 5.41) is 5.40. The molecular formula is C9H5N3O3. The van der Waals surface area contributed by atoms with E-state index in [9.17, 15) is 9.59 Å². The average Bonchev–Trinajstić information content (AvgIpc) is 2.23. The number of aliphatic imine (C=N–C) groups is 2. The largest absolute Gasteiger partial charge is 0.240 e. The maximum atomic E-state index is 9.81. The van der Waals surface area contributed by atoms with Crippen LogP contribution in [0.2, 0.25) is 0 Å². The van der Waals surface area contributed by atoms with Crippen molar-refractivity contribution in [3.63, 3.8) is 0 Å². The number of hydrogen-bond acceptors (Lipinski definition) is 6. The molecule has 6 heteroatoms. The van der Waals surface area contributed by atoms with Crippen molar-refractivity contribution in [1.29, 1.82) is 5.41 Å². The molecule has 0 atom stereocenters. The van der Waals surface area contributed by atoms with Crippen molar-refractivity contribution in [1.82, 2.24) is 0 Å². The zero-order valence-corrected chi connectivity index (χ0v) is 7.43. The fraction of sp³-hybridized carbons (Fsp3) is 0. The van der Waals surface area contributed by atoms with Gasteiger partial charge in [-0.15, -0.1) is 0 Å². The van der Waals surface area contributed by atoms with Gasteiger partial charge in [0.15, 0.2) is 0 Å². The standard InChI is InChI=1S/C8H4N2O2.CHNO/c11-5-9-7-1-2-8(4-3-7)10-6-12;2-1-3/h1-4H;2H. The second-order valence-corrected chi connectivity index (χ2v) is 2.02. The third kappa shape index (κ3) is 5.58. The molecule has 0 aromatic heterocycles. The van der Waals surface area contributed by atoms with E-state index >= 15 is 0 Å². The van der Waals surface area contributed by atoms with Crippen molar-refractivity contribution in [3.8, 4) is 0 Å². The minimum absolute atomic E-state index is 0.481. The molecule has 74 valence electrons. The van der Waals surface area contributed by atoms with Crippen LogP contribution in [0.3, 0.4) is 0 Å². The summed E-state index contributed by atoms with van der Waals surface area (Å²) >= 11 is 0. The van der Waals surface area contributed by atoms with Gasteiger partial charge in [-0.2, -0.15) is 9.98 Å². The Bertz CT molecular complexity index is 397. The smallest absolute Gasteiger partial charge is 0.222 e. The van der Waals surface area contributed by atoms with Crippen LogP contribution in [-0.2, 0) is 14.4 Å². The molecule has 1 rings (SSSR count). The molecule has 1 aromatic carbocycles. The van der Waals surface area contributed by atoms with Gasteiger partial charge in [0.05, 0.1) is 11.4 Å². The van der Waals surface area contributed by atoms with Crippen LogP contribution in [0.15, 0.2) is 34.3 Å². The number of nitrogens with one attached hydrogen (secondary N) is 1. The van der Waals surface area contributed by atoms with E-state index in [1.165, 1.54) is 12.2 Å². The third-order valence-corrected chi connectivity index (χ3v) is 1.20. The summed E-state index contributed by atoms with van der Waals surface area (Å²) in [5.74, 6) is 0. The Morgan fingerprint density at radius 3 is 1.33 bits per heavy atom. The number of nitrogens with zero attached hydrogens (tertiary/aromatic N) is 2. The molecule has 0 spiro atoms. The minimum atomic E-state index is 0.481. The van der Waals surface area contributed by atoms with E-state index < -0.39 is 0 Å². The Morgan fingerprint density at radius 2 is 1.13 bits per heavy atom. The second kappa shape index (κ2) is 7.98. The first-order valence-electron chi connectivity index (χ1n) is 3.58. The number of rotatable bonds is 2. The number of isocyanates is 3. The normalized spacial score (nSPS) is 6.93. The predicted octanol–water partition coefficient (Wildman–Crippen LogP) is 1.52. The molecule has 1 aromatic rings. The van der Waals surface area contributed by atoms with Crippen molar-refractivity contribution in [2.75, 3.05) is 0 Å². The van der Waals surface area contributed by atoms with Gasteiger partial charge in [-0.05, 0) is 24.3 Å². The van der Waals surface area contributed by atoms with Gasteiger partial charge in [0.25, 0.3) is 0 Å². The summed E-state index contributed by atoms with van der Waals surface area (Å²) < 4.78 is 0. The summed E-state index contributed by atoms with van der Waals surface area (Å²) in [6.07, 6.45) is 3.55. The zero-order valence-electron chi connectivity index (χ0n) is 7.43. The Labute approximate surface area is 84.5 Å². The maximum absolute atomic E-state index is 9.81. The molecule has 0 heterocycles. The van der Waals surface area contributed by atoms with Crippen LogP contribution in [0, 0.1) is 5.41 Å². The molecule has 0 bridgehead atoms. The SMILES string of the molecule is N=C=O.O=C=Nc1ccc(N=C=O)cc1. The molecule has 0 amide bonds. The van der Waals surface area contributed by atoms with Crippen LogP contribution < -0.4 is 0 Å². The van der Waals surface area contributed by atoms with Gasteiger partial charge in [0.1, 0.15) is 0 Å². The third-order valence-electron chi connectivity index (χ3n) is 1.20. The molecule has 6 nitrogen and oxygen atoms in total. The van der Waals surface area contributed by atoms with E-state index in [0.29, 0.717) is 11.4 Å². The van der Waals surface area contributed by atoms with E-state index in [4.69, 9.17) is 10.2 Å². The fourth-order valence-corrected chi connectivity index (χ4v) is 0.707. The highest BCUT2D eigenvalue weighted by atomic mass is 16.1. The summed E-state index contributed by atoms with van der Waals surface area (Å²) in [7, 11) is 0. The molecule has 0 unspecified atom stereocenters. The van der Waals surface area contributed by atoms with Crippen molar-refractivity contribution in [2.24, 2.45) is 9.98 Å². The Balaban J connectivity index is 0.000000583. The molecule has 0 fully saturated rings. The van der Waals surface area contributed by atoms with E-state index in [1.807, 2.05) is 0 Å². The molecule has 0 aliphatic heterocycles. The van der Waals surface area contributed by atoms with Crippen LogP contribution in [-0.4, -0.2) is 18.2 Å². The molecule has 0 aliphatic rings. The van der Waals surface area contributed by atoms with Crippen LogP contribution >= 0.6 is 0 Å². The van der Waals surface area contributed by atoms with Gasteiger partial charge >= 0.3 is 0 Å². The van der Waals surface area contributed by atoms with Crippen molar-refractivity contribution in [3.05, 3.63) is 24.3 Å². The highest BCUT2D eigenvalue weighted by Gasteiger charge is 1.89. The number of hydrogen-bond donors (Lipinski definition) is 1. The first-order chi connectivity index (χ1) is 7.28. The quantitative estimate of drug-likeness (QED) is 0.582. The molecule has 0 saturated heterocycles. The monoisotopic (exact) mass is 203 g/mol. The topological polar surface area (TPSA) is 99.8 Å². The van der Waals surface area contributed by atoms with E-state index in [0.717, 1.165) is 6.08 Å². The Hall–Kier alpha value is -2.64. The van der Waals surface area contributed by atoms with Crippen molar-refractivity contribution in [2.45, 2.75) is 0 Å². The molecule has 1 N–H and O–H groups in total. The van der Waals surface area contributed by atoms with E-state index in [-0.39, 0.29) is 0 Å². The van der Waals surface area contributed by atoms with Gasteiger partial charge in [0, 0.05) is 0 Å². The summed E-state index contributed by atoms with van der Waals surface area (Å²) in [4.78, 5) is 34.7. The lowest BCUT2D eigenvalue weighted by atomic mass is 10.3. The summed E-state index contributed by atoms with van der Waals surface area (Å²) in [5.41, 5.74) is 0.963. The van der Waals surface area contributed by atoms with Crippen LogP contribution in [0.4, 0.5) is 11.4 Å². The van der Waals surface area contributed by atoms with Crippen LogP contribution in [0.25, 0.3) is 0 Å². The predicted molar refractivity (Wildman–Crippen MR) is 50.4 cm³/mol. The number of benzene rings is 1. The summed E-state index contributed by atoms with van der Waals surface area (Å²) in [6, 6.07) is 6.23. The van der Waals surface area contributed by atoms with E-state index in [1.54, 1.807) is 24.3 Å². The lowest BCUT2D eigenvalue weighted by molar-refractivity contribution is 0.562. The van der Waals surface area contributed by atoms with Gasteiger partial charge in [0.2, 0.25) is 18.2 Å². The maximum Gasteiger partial charge on any atom is 0.240 e.